The first-order valence-corrected chi connectivity index (χ1v) is 8.77. The van der Waals surface area contributed by atoms with Gasteiger partial charge in [0.15, 0.2) is 5.78 Å². The number of thioether (sulfide) groups is 1. The van der Waals surface area contributed by atoms with Crippen molar-refractivity contribution in [2.45, 2.75) is 6.92 Å². The van der Waals surface area contributed by atoms with E-state index in [1.54, 1.807) is 6.08 Å². The van der Waals surface area contributed by atoms with Crippen molar-refractivity contribution in [3.63, 3.8) is 0 Å². The molecule has 1 aliphatic rings. The second-order valence-corrected chi connectivity index (χ2v) is 6.84. The summed E-state index contributed by atoms with van der Waals surface area (Å²) in [6, 6.07) is 12.5. The van der Waals surface area contributed by atoms with Crippen molar-refractivity contribution in [3.05, 3.63) is 80.2 Å². The number of Topliss-reactive ketones (excluding diaryl/α,β-unsaturated/α-hetero) is 1. The van der Waals surface area contributed by atoms with Gasteiger partial charge in [0.2, 0.25) is 0 Å². The number of carbonyl (C=O) groups is 3. The van der Waals surface area contributed by atoms with Gasteiger partial charge < -0.3 is 0 Å². The fourth-order valence-corrected chi connectivity index (χ4v) is 3.36. The first kappa shape index (κ1) is 18.5. The van der Waals surface area contributed by atoms with E-state index in [1.165, 1.54) is 24.3 Å². The highest BCUT2D eigenvalue weighted by Gasteiger charge is 2.36. The molecule has 2 aromatic carbocycles. The Hall–Kier alpha value is -3.26. The van der Waals surface area contributed by atoms with Crippen LogP contribution in [0.15, 0.2) is 53.4 Å². The van der Waals surface area contributed by atoms with E-state index in [-0.39, 0.29) is 16.2 Å². The minimum atomic E-state index is -0.568. The molecule has 27 heavy (non-hydrogen) atoms. The average molecular weight is 382 g/mol. The Kier molecular flexibility index (Phi) is 5.18. The SMILES string of the molecule is Cc1ccccc1/C=C1/SC(=O)N(CC(=O)c2ccc([N+](=O)[O-])cc2)C1=O. The molecule has 0 radical (unpaired) electrons. The van der Waals surface area contributed by atoms with E-state index in [2.05, 4.69) is 0 Å². The van der Waals surface area contributed by atoms with Crippen LogP contribution in [0.3, 0.4) is 0 Å². The van der Waals surface area contributed by atoms with Crippen LogP contribution < -0.4 is 0 Å². The maximum absolute atomic E-state index is 12.5. The maximum Gasteiger partial charge on any atom is 0.293 e. The summed E-state index contributed by atoms with van der Waals surface area (Å²) in [4.78, 5) is 48.3. The minimum Gasteiger partial charge on any atom is -0.292 e. The third-order valence-electron chi connectivity index (χ3n) is 4.05. The van der Waals surface area contributed by atoms with E-state index in [1.807, 2.05) is 31.2 Å². The number of nitro benzene ring substituents is 1. The molecule has 0 spiro atoms. The lowest BCUT2D eigenvalue weighted by Crippen LogP contribution is -2.33. The quantitative estimate of drug-likeness (QED) is 0.337. The molecule has 1 saturated heterocycles. The van der Waals surface area contributed by atoms with Gasteiger partial charge in [0.05, 0.1) is 16.4 Å². The summed E-state index contributed by atoms with van der Waals surface area (Å²) in [5.41, 5.74) is 1.84. The molecule has 7 nitrogen and oxygen atoms in total. The molecular weight excluding hydrogens is 368 g/mol. The Labute approximate surface area is 158 Å². The molecule has 0 aromatic heterocycles. The van der Waals surface area contributed by atoms with E-state index in [9.17, 15) is 24.5 Å². The van der Waals surface area contributed by atoms with Crippen molar-refractivity contribution in [2.24, 2.45) is 0 Å². The number of imide groups is 1. The smallest absolute Gasteiger partial charge is 0.292 e. The number of carbonyl (C=O) groups excluding carboxylic acids is 3. The van der Waals surface area contributed by atoms with E-state index in [0.29, 0.717) is 0 Å². The van der Waals surface area contributed by atoms with E-state index < -0.39 is 28.4 Å². The summed E-state index contributed by atoms with van der Waals surface area (Å²) in [6.07, 6.45) is 1.64. The van der Waals surface area contributed by atoms with Crippen LogP contribution in [0.25, 0.3) is 6.08 Å². The van der Waals surface area contributed by atoms with Gasteiger partial charge >= 0.3 is 0 Å². The fraction of sp³-hybridized carbons (Fsp3) is 0.105. The zero-order valence-electron chi connectivity index (χ0n) is 14.2. The average Bonchev–Trinajstić information content (AvgIpc) is 2.91. The highest BCUT2D eigenvalue weighted by atomic mass is 32.2. The van der Waals surface area contributed by atoms with Gasteiger partial charge in [-0.1, -0.05) is 24.3 Å². The number of non-ortho nitro benzene ring substituents is 1. The molecule has 0 aliphatic carbocycles. The van der Waals surface area contributed by atoms with E-state index >= 15 is 0 Å². The summed E-state index contributed by atoms with van der Waals surface area (Å²) < 4.78 is 0. The molecule has 0 atom stereocenters. The van der Waals surface area contributed by atoms with Crippen LogP contribution in [-0.2, 0) is 4.79 Å². The molecule has 8 heteroatoms. The Balaban J connectivity index is 1.76. The molecule has 2 amide bonds. The third kappa shape index (κ3) is 3.95. The Morgan fingerprint density at radius 3 is 2.44 bits per heavy atom. The van der Waals surface area contributed by atoms with Crippen molar-refractivity contribution in [3.8, 4) is 0 Å². The predicted octanol–water partition coefficient (Wildman–Crippen LogP) is 3.82. The Morgan fingerprint density at radius 1 is 1.15 bits per heavy atom. The number of amides is 2. The van der Waals surface area contributed by atoms with Gasteiger partial charge in [-0.2, -0.15) is 0 Å². The minimum absolute atomic E-state index is 0.140. The molecular formula is C19H14N2O5S. The second kappa shape index (κ2) is 7.55. The first-order chi connectivity index (χ1) is 12.9. The summed E-state index contributed by atoms with van der Waals surface area (Å²) in [5.74, 6) is -0.993. The third-order valence-corrected chi connectivity index (χ3v) is 4.96. The molecule has 1 aliphatic heterocycles. The summed E-state index contributed by atoms with van der Waals surface area (Å²) >= 11 is 0.786. The number of nitrogens with zero attached hydrogens (tertiary/aromatic N) is 2. The molecule has 1 heterocycles. The molecule has 0 bridgehead atoms. The van der Waals surface area contributed by atoms with Crippen LogP contribution in [0.4, 0.5) is 10.5 Å². The van der Waals surface area contributed by atoms with Crippen molar-refractivity contribution >= 4 is 40.5 Å². The molecule has 3 rings (SSSR count). The predicted molar refractivity (Wildman–Crippen MR) is 101 cm³/mol. The van der Waals surface area contributed by atoms with Crippen LogP contribution in [0.2, 0.25) is 0 Å². The number of hydrogen-bond donors (Lipinski definition) is 0. The summed E-state index contributed by atoms with van der Waals surface area (Å²) in [6.45, 7) is 1.49. The van der Waals surface area contributed by atoms with Crippen molar-refractivity contribution in [1.82, 2.24) is 4.90 Å². The fourth-order valence-electron chi connectivity index (χ4n) is 2.53. The highest BCUT2D eigenvalue weighted by molar-refractivity contribution is 8.18. The number of benzene rings is 2. The number of aryl methyl sites for hydroxylation is 1. The van der Waals surface area contributed by atoms with E-state index in [0.717, 1.165) is 27.8 Å². The number of nitro groups is 1. The van der Waals surface area contributed by atoms with Crippen LogP contribution in [0.1, 0.15) is 21.5 Å². The van der Waals surface area contributed by atoms with Crippen molar-refractivity contribution in [1.29, 1.82) is 0 Å². The lowest BCUT2D eigenvalue weighted by Gasteiger charge is -2.11. The zero-order valence-corrected chi connectivity index (χ0v) is 15.1. The molecule has 1 fully saturated rings. The van der Waals surface area contributed by atoms with Crippen molar-refractivity contribution in [2.75, 3.05) is 6.54 Å². The van der Waals surface area contributed by atoms with Gasteiger partial charge in [-0.15, -0.1) is 0 Å². The number of rotatable bonds is 5. The number of ketones is 1. The van der Waals surface area contributed by atoms with Gasteiger partial charge in [-0.25, -0.2) is 0 Å². The summed E-state index contributed by atoms with van der Waals surface area (Å²) in [7, 11) is 0. The monoisotopic (exact) mass is 382 g/mol. The molecule has 0 unspecified atom stereocenters. The first-order valence-electron chi connectivity index (χ1n) is 7.95. The van der Waals surface area contributed by atoms with Crippen LogP contribution in [0.5, 0.6) is 0 Å². The summed E-state index contributed by atoms with van der Waals surface area (Å²) in [5, 5.41) is 10.2. The second-order valence-electron chi connectivity index (χ2n) is 5.85. The standard InChI is InChI=1S/C19H14N2O5S/c1-12-4-2-3-5-14(12)10-17-18(23)20(19(24)27-17)11-16(22)13-6-8-15(9-7-13)21(25)26/h2-10H,11H2,1H3/b17-10+. The van der Waals surface area contributed by atoms with E-state index in [4.69, 9.17) is 0 Å². The topological polar surface area (TPSA) is 97.6 Å². The van der Waals surface area contributed by atoms with Gasteiger partial charge in [0.25, 0.3) is 16.8 Å². The molecule has 136 valence electrons. The van der Waals surface area contributed by atoms with Gasteiger partial charge in [-0.3, -0.25) is 29.4 Å². The molecule has 0 saturated carbocycles. The van der Waals surface area contributed by atoms with Crippen molar-refractivity contribution < 1.29 is 19.3 Å². The van der Waals surface area contributed by atoms with Gasteiger partial charge in [0, 0.05) is 17.7 Å². The zero-order chi connectivity index (χ0) is 19.6. The lowest BCUT2D eigenvalue weighted by molar-refractivity contribution is -0.384. The Bertz CT molecular complexity index is 982. The largest absolute Gasteiger partial charge is 0.293 e. The maximum atomic E-state index is 12.5. The van der Waals surface area contributed by atoms with Gasteiger partial charge in [0.1, 0.15) is 0 Å². The van der Waals surface area contributed by atoms with Crippen LogP contribution in [-0.4, -0.2) is 33.3 Å². The van der Waals surface area contributed by atoms with Crippen LogP contribution >= 0.6 is 11.8 Å². The highest BCUT2D eigenvalue weighted by Crippen LogP contribution is 2.32. The lowest BCUT2D eigenvalue weighted by atomic mass is 10.1. The molecule has 2 aromatic rings. The Morgan fingerprint density at radius 2 is 1.81 bits per heavy atom. The normalized spacial score (nSPS) is 15.4. The van der Waals surface area contributed by atoms with Crippen LogP contribution in [0, 0.1) is 17.0 Å². The molecule has 0 N–H and O–H groups in total. The van der Waals surface area contributed by atoms with Gasteiger partial charge in [-0.05, 0) is 48.0 Å². The number of hydrogen-bond acceptors (Lipinski definition) is 6.